The van der Waals surface area contributed by atoms with E-state index in [1.165, 1.54) is 0 Å². The van der Waals surface area contributed by atoms with Crippen molar-refractivity contribution < 1.29 is 5.11 Å². The highest BCUT2D eigenvalue weighted by atomic mass is 16.3. The Morgan fingerprint density at radius 3 is 2.29 bits per heavy atom. The average Bonchev–Trinajstić information content (AvgIpc) is 2.16. The molecular formula is C11H18N2O. The molecule has 14 heavy (non-hydrogen) atoms. The zero-order valence-electron chi connectivity index (χ0n) is 9.23. The molecule has 1 aromatic heterocycles. The van der Waals surface area contributed by atoms with Crippen LogP contribution >= 0.6 is 0 Å². The van der Waals surface area contributed by atoms with Crippen molar-refractivity contribution in [3.63, 3.8) is 0 Å². The van der Waals surface area contributed by atoms with Crippen LogP contribution in [0.2, 0.25) is 0 Å². The van der Waals surface area contributed by atoms with Crippen molar-refractivity contribution in [2.24, 2.45) is 0 Å². The summed E-state index contributed by atoms with van der Waals surface area (Å²) >= 11 is 0. The largest absolute Gasteiger partial charge is 0.387 e. The molecule has 0 aliphatic carbocycles. The van der Waals surface area contributed by atoms with Crippen LogP contribution in [0.25, 0.3) is 0 Å². The van der Waals surface area contributed by atoms with Crippen molar-refractivity contribution in [3.05, 3.63) is 24.0 Å². The third kappa shape index (κ3) is 2.45. The Hall–Kier alpha value is -1.09. The van der Waals surface area contributed by atoms with E-state index in [1.54, 1.807) is 13.1 Å². The molecule has 0 aliphatic rings. The molecule has 0 radical (unpaired) electrons. The molecule has 3 heteroatoms. The quantitative estimate of drug-likeness (QED) is 0.799. The van der Waals surface area contributed by atoms with Gasteiger partial charge in [0, 0.05) is 13.1 Å². The highest BCUT2D eigenvalue weighted by molar-refractivity contribution is 5.44. The highest BCUT2D eigenvalue weighted by Gasteiger charge is 2.06. The molecular weight excluding hydrogens is 176 g/mol. The zero-order valence-corrected chi connectivity index (χ0v) is 9.23. The molecule has 0 saturated heterocycles. The standard InChI is InChI=1S/C11H18N2O/c1-8(2)13(4)10-5-6-11(9(3)14)12-7-10/h5-9,14H,1-4H3. The molecule has 0 fully saturated rings. The molecule has 1 N–H and O–H groups in total. The van der Waals surface area contributed by atoms with Crippen LogP contribution in [-0.2, 0) is 0 Å². The van der Waals surface area contributed by atoms with E-state index >= 15 is 0 Å². The van der Waals surface area contributed by atoms with Crippen molar-refractivity contribution in [1.29, 1.82) is 0 Å². The minimum Gasteiger partial charge on any atom is -0.387 e. The maximum atomic E-state index is 9.29. The Morgan fingerprint density at radius 1 is 1.29 bits per heavy atom. The van der Waals surface area contributed by atoms with Crippen molar-refractivity contribution in [2.45, 2.75) is 32.9 Å². The maximum absolute atomic E-state index is 9.29. The molecule has 0 saturated carbocycles. The Kier molecular flexibility index (Phi) is 3.47. The lowest BCUT2D eigenvalue weighted by Gasteiger charge is -2.23. The lowest BCUT2D eigenvalue weighted by molar-refractivity contribution is 0.194. The smallest absolute Gasteiger partial charge is 0.0931 e. The molecule has 1 aromatic rings. The summed E-state index contributed by atoms with van der Waals surface area (Å²) in [6, 6.07) is 4.29. The summed E-state index contributed by atoms with van der Waals surface area (Å²) in [7, 11) is 2.03. The number of aliphatic hydroxyl groups excluding tert-OH is 1. The highest BCUT2D eigenvalue weighted by Crippen LogP contribution is 2.16. The van der Waals surface area contributed by atoms with Gasteiger partial charge in [-0.05, 0) is 32.9 Å². The Morgan fingerprint density at radius 2 is 1.93 bits per heavy atom. The lowest BCUT2D eigenvalue weighted by atomic mass is 10.2. The molecule has 0 aliphatic heterocycles. The van der Waals surface area contributed by atoms with E-state index in [0.717, 1.165) is 5.69 Å². The summed E-state index contributed by atoms with van der Waals surface area (Å²) in [5.74, 6) is 0. The second kappa shape index (κ2) is 4.42. The van der Waals surface area contributed by atoms with E-state index in [1.807, 2.05) is 19.2 Å². The van der Waals surface area contributed by atoms with Crippen LogP contribution in [0.5, 0.6) is 0 Å². The topological polar surface area (TPSA) is 36.4 Å². The van der Waals surface area contributed by atoms with Crippen LogP contribution in [0.15, 0.2) is 18.3 Å². The number of hydrogen-bond donors (Lipinski definition) is 1. The molecule has 3 nitrogen and oxygen atoms in total. The van der Waals surface area contributed by atoms with Crippen molar-refractivity contribution >= 4 is 5.69 Å². The molecule has 1 rings (SSSR count). The Balaban J connectivity index is 2.83. The molecule has 1 heterocycles. The van der Waals surface area contributed by atoms with Gasteiger partial charge in [0.25, 0.3) is 0 Å². The monoisotopic (exact) mass is 194 g/mol. The van der Waals surface area contributed by atoms with Crippen LogP contribution in [0, 0.1) is 0 Å². The van der Waals surface area contributed by atoms with Gasteiger partial charge in [0.2, 0.25) is 0 Å². The summed E-state index contributed by atoms with van der Waals surface area (Å²) in [5, 5.41) is 9.29. The summed E-state index contributed by atoms with van der Waals surface area (Å²) in [4.78, 5) is 6.33. The number of nitrogens with zero attached hydrogens (tertiary/aromatic N) is 2. The first-order valence-corrected chi connectivity index (χ1v) is 4.89. The van der Waals surface area contributed by atoms with E-state index in [9.17, 15) is 5.11 Å². The zero-order chi connectivity index (χ0) is 10.7. The fourth-order valence-electron chi connectivity index (χ4n) is 1.15. The molecule has 1 unspecified atom stereocenters. The van der Waals surface area contributed by atoms with Gasteiger partial charge in [-0.15, -0.1) is 0 Å². The molecule has 0 aromatic carbocycles. The second-order valence-corrected chi connectivity index (χ2v) is 3.82. The normalized spacial score (nSPS) is 13.0. The van der Waals surface area contributed by atoms with Gasteiger partial charge in [0.05, 0.1) is 23.7 Å². The predicted octanol–water partition coefficient (Wildman–Crippen LogP) is 1.98. The van der Waals surface area contributed by atoms with Gasteiger partial charge in [-0.3, -0.25) is 4.98 Å². The fraction of sp³-hybridized carbons (Fsp3) is 0.545. The predicted molar refractivity (Wildman–Crippen MR) is 58.4 cm³/mol. The number of aliphatic hydroxyl groups is 1. The van der Waals surface area contributed by atoms with E-state index in [2.05, 4.69) is 23.7 Å². The lowest BCUT2D eigenvalue weighted by Crippen LogP contribution is -2.25. The Labute approximate surface area is 85.4 Å². The molecule has 0 spiro atoms. The number of rotatable bonds is 3. The van der Waals surface area contributed by atoms with Crippen LogP contribution in [0.3, 0.4) is 0 Å². The van der Waals surface area contributed by atoms with Gasteiger partial charge >= 0.3 is 0 Å². The van der Waals surface area contributed by atoms with Gasteiger partial charge in [-0.25, -0.2) is 0 Å². The van der Waals surface area contributed by atoms with Crippen LogP contribution in [0.4, 0.5) is 5.69 Å². The summed E-state index contributed by atoms with van der Waals surface area (Å²) in [6.07, 6.45) is 1.30. The van der Waals surface area contributed by atoms with Gasteiger partial charge < -0.3 is 10.0 Å². The van der Waals surface area contributed by atoms with Crippen molar-refractivity contribution in [2.75, 3.05) is 11.9 Å². The molecule has 0 amide bonds. The van der Waals surface area contributed by atoms with Crippen LogP contribution in [0.1, 0.15) is 32.6 Å². The van der Waals surface area contributed by atoms with E-state index in [0.29, 0.717) is 11.7 Å². The van der Waals surface area contributed by atoms with E-state index in [-0.39, 0.29) is 0 Å². The first-order valence-electron chi connectivity index (χ1n) is 4.89. The molecule has 78 valence electrons. The summed E-state index contributed by atoms with van der Waals surface area (Å²) in [6.45, 7) is 5.97. The minimum absolute atomic E-state index is 0.453. The molecule has 0 bridgehead atoms. The van der Waals surface area contributed by atoms with Gasteiger partial charge in [-0.2, -0.15) is 0 Å². The number of aromatic nitrogens is 1. The van der Waals surface area contributed by atoms with Gasteiger partial charge in [0.1, 0.15) is 0 Å². The van der Waals surface area contributed by atoms with Gasteiger partial charge in [0.15, 0.2) is 0 Å². The number of pyridine rings is 1. The maximum Gasteiger partial charge on any atom is 0.0931 e. The summed E-state index contributed by atoms with van der Waals surface area (Å²) in [5.41, 5.74) is 1.79. The average molecular weight is 194 g/mol. The fourth-order valence-corrected chi connectivity index (χ4v) is 1.15. The Bertz CT molecular complexity index is 280. The van der Waals surface area contributed by atoms with E-state index in [4.69, 9.17) is 0 Å². The number of hydrogen-bond acceptors (Lipinski definition) is 3. The van der Waals surface area contributed by atoms with Crippen molar-refractivity contribution in [3.8, 4) is 0 Å². The number of anilines is 1. The second-order valence-electron chi connectivity index (χ2n) is 3.82. The van der Waals surface area contributed by atoms with E-state index < -0.39 is 6.10 Å². The van der Waals surface area contributed by atoms with Gasteiger partial charge in [-0.1, -0.05) is 0 Å². The first kappa shape index (κ1) is 11.0. The first-order chi connectivity index (χ1) is 6.52. The van der Waals surface area contributed by atoms with Crippen molar-refractivity contribution in [1.82, 2.24) is 4.98 Å². The molecule has 1 atom stereocenters. The van der Waals surface area contributed by atoms with Crippen LogP contribution < -0.4 is 4.90 Å². The van der Waals surface area contributed by atoms with Crippen LogP contribution in [-0.4, -0.2) is 23.2 Å². The third-order valence-corrected chi connectivity index (χ3v) is 2.38. The third-order valence-electron chi connectivity index (χ3n) is 2.38. The summed E-state index contributed by atoms with van der Waals surface area (Å²) < 4.78 is 0. The SMILES string of the molecule is CC(O)c1ccc(N(C)C(C)C)cn1. The minimum atomic E-state index is -0.492.